The predicted octanol–water partition coefficient (Wildman–Crippen LogP) is 6.58. The van der Waals surface area contributed by atoms with Gasteiger partial charge in [-0.1, -0.05) is 38.7 Å². The van der Waals surface area contributed by atoms with Gasteiger partial charge in [-0.05, 0) is 104 Å². The number of aryl methyl sites for hydroxylation is 2. The van der Waals surface area contributed by atoms with Crippen molar-refractivity contribution in [3.8, 4) is 5.75 Å². The van der Waals surface area contributed by atoms with E-state index in [-0.39, 0.29) is 15.9 Å². The molecule has 3 aromatic rings. The highest BCUT2D eigenvalue weighted by atomic mass is 32.2. The molecule has 0 saturated carbocycles. The van der Waals surface area contributed by atoms with Gasteiger partial charge in [0.1, 0.15) is 5.75 Å². The molecule has 7 nitrogen and oxygen atoms in total. The molecule has 0 bridgehead atoms. The first-order chi connectivity index (χ1) is 18.2. The van der Waals surface area contributed by atoms with Crippen LogP contribution < -0.4 is 20.1 Å². The van der Waals surface area contributed by atoms with Gasteiger partial charge in [-0.25, -0.2) is 8.42 Å². The van der Waals surface area contributed by atoms with Crippen LogP contribution in [0.4, 0.5) is 11.4 Å². The molecule has 3 N–H and O–H groups in total. The molecule has 0 unspecified atom stereocenters. The van der Waals surface area contributed by atoms with Crippen molar-refractivity contribution in [2.24, 2.45) is 0 Å². The van der Waals surface area contributed by atoms with Gasteiger partial charge in [0.2, 0.25) is 0 Å². The monoisotopic (exact) mass is 553 g/mol. The Balaban J connectivity index is 1.49. The fourth-order valence-corrected chi connectivity index (χ4v) is 4.93. The first-order valence-electron chi connectivity index (χ1n) is 12.7. The smallest absolute Gasteiger partial charge is 0.261 e. The molecule has 0 aliphatic heterocycles. The zero-order valence-corrected chi connectivity index (χ0v) is 23.7. The summed E-state index contributed by atoms with van der Waals surface area (Å²) in [5.74, 6) is 0.366. The molecule has 3 rings (SSSR count). The Bertz CT molecular complexity index is 1340. The molecular weight excluding hydrogens is 518 g/mol. The Morgan fingerprint density at radius 2 is 1.50 bits per heavy atom. The number of hydrogen-bond acceptors (Lipinski definition) is 5. The summed E-state index contributed by atoms with van der Waals surface area (Å²) in [5.41, 5.74) is 3.58. The van der Waals surface area contributed by atoms with E-state index in [1.807, 2.05) is 19.9 Å². The van der Waals surface area contributed by atoms with Crippen LogP contribution in [0.3, 0.4) is 0 Å². The molecule has 38 heavy (non-hydrogen) atoms. The van der Waals surface area contributed by atoms with Crippen molar-refractivity contribution in [3.05, 3.63) is 83.4 Å². The van der Waals surface area contributed by atoms with Crippen molar-refractivity contribution in [3.63, 3.8) is 0 Å². The molecule has 0 saturated heterocycles. The summed E-state index contributed by atoms with van der Waals surface area (Å²) in [6, 6.07) is 18.4. The fraction of sp³-hybridized carbons (Fsp3) is 0.310. The molecule has 1 amide bonds. The third-order valence-corrected chi connectivity index (χ3v) is 7.64. The lowest BCUT2D eigenvalue weighted by atomic mass is 10.1. The Kier molecular flexibility index (Phi) is 10.7. The van der Waals surface area contributed by atoms with Crippen LogP contribution in [0.25, 0.3) is 0 Å². The van der Waals surface area contributed by atoms with Crippen molar-refractivity contribution in [2.45, 2.75) is 57.8 Å². The highest BCUT2D eigenvalue weighted by molar-refractivity contribution is 7.92. The standard InChI is InChI=1S/C29H35N3O4S2/c1-4-5-6-7-8-19-36-26-15-10-23(11-16-26)28(33)31-29(37)30-24-13-17-27(18-14-24)38(34,35)32-25-12-9-21(2)22(3)20-25/h9-18,20,32H,4-8,19H2,1-3H3,(H2,30,31,33,37). The minimum atomic E-state index is -3.75. The molecule has 0 fully saturated rings. The summed E-state index contributed by atoms with van der Waals surface area (Å²) < 4.78 is 33.8. The van der Waals surface area contributed by atoms with Crippen LogP contribution in [0.15, 0.2) is 71.6 Å². The van der Waals surface area contributed by atoms with Crippen LogP contribution in [0, 0.1) is 13.8 Å². The number of amides is 1. The second-order valence-corrected chi connectivity index (χ2v) is 11.2. The second-order valence-electron chi connectivity index (χ2n) is 9.12. The number of ether oxygens (including phenoxy) is 1. The van der Waals surface area contributed by atoms with E-state index in [1.165, 1.54) is 31.4 Å². The number of carbonyl (C=O) groups excluding carboxylic acids is 1. The largest absolute Gasteiger partial charge is 0.494 e. The van der Waals surface area contributed by atoms with Gasteiger partial charge >= 0.3 is 0 Å². The van der Waals surface area contributed by atoms with Crippen LogP contribution in [0.1, 0.15) is 60.5 Å². The number of thiocarbonyl (C=S) groups is 1. The van der Waals surface area contributed by atoms with E-state index in [1.54, 1.807) is 48.5 Å². The van der Waals surface area contributed by atoms with E-state index < -0.39 is 10.0 Å². The van der Waals surface area contributed by atoms with Crippen LogP contribution in [-0.2, 0) is 10.0 Å². The van der Waals surface area contributed by atoms with Gasteiger partial charge in [0.05, 0.1) is 11.5 Å². The maximum absolute atomic E-state index is 12.7. The molecule has 0 aliphatic rings. The zero-order valence-electron chi connectivity index (χ0n) is 22.0. The second kappa shape index (κ2) is 13.9. The number of unbranched alkanes of at least 4 members (excludes halogenated alkanes) is 4. The Morgan fingerprint density at radius 1 is 0.842 bits per heavy atom. The Labute approximate surface area is 231 Å². The van der Waals surface area contributed by atoms with E-state index in [0.29, 0.717) is 23.5 Å². The summed E-state index contributed by atoms with van der Waals surface area (Å²) in [4.78, 5) is 12.7. The molecule has 0 aliphatic carbocycles. The highest BCUT2D eigenvalue weighted by Crippen LogP contribution is 2.20. The number of sulfonamides is 1. The van der Waals surface area contributed by atoms with Crippen molar-refractivity contribution in [1.29, 1.82) is 0 Å². The quantitative estimate of drug-likeness (QED) is 0.173. The number of hydrogen-bond donors (Lipinski definition) is 3. The van der Waals surface area contributed by atoms with Gasteiger partial charge in [0, 0.05) is 16.9 Å². The van der Waals surface area contributed by atoms with Gasteiger partial charge in [0.15, 0.2) is 5.11 Å². The summed E-state index contributed by atoms with van der Waals surface area (Å²) in [7, 11) is -3.75. The molecule has 9 heteroatoms. The van der Waals surface area contributed by atoms with Crippen LogP contribution in [-0.4, -0.2) is 26.0 Å². The molecule has 0 atom stereocenters. The average Bonchev–Trinajstić information content (AvgIpc) is 2.88. The maximum Gasteiger partial charge on any atom is 0.261 e. The lowest BCUT2D eigenvalue weighted by Gasteiger charge is -2.12. The highest BCUT2D eigenvalue weighted by Gasteiger charge is 2.15. The summed E-state index contributed by atoms with van der Waals surface area (Å²) >= 11 is 5.26. The first kappa shape index (κ1) is 29.1. The summed E-state index contributed by atoms with van der Waals surface area (Å²) in [6.07, 6.45) is 5.85. The number of carbonyl (C=O) groups is 1. The summed E-state index contributed by atoms with van der Waals surface area (Å²) in [5, 5.41) is 5.64. The van der Waals surface area contributed by atoms with Crippen molar-refractivity contribution < 1.29 is 17.9 Å². The fourth-order valence-electron chi connectivity index (χ4n) is 3.67. The molecule has 0 aromatic heterocycles. The number of benzene rings is 3. The van der Waals surface area contributed by atoms with E-state index in [0.717, 1.165) is 29.7 Å². The molecule has 0 heterocycles. The van der Waals surface area contributed by atoms with Crippen LogP contribution in [0.2, 0.25) is 0 Å². The Morgan fingerprint density at radius 3 is 2.16 bits per heavy atom. The van der Waals surface area contributed by atoms with E-state index >= 15 is 0 Å². The minimum Gasteiger partial charge on any atom is -0.494 e. The van der Waals surface area contributed by atoms with Gasteiger partial charge in [-0.2, -0.15) is 0 Å². The van der Waals surface area contributed by atoms with Gasteiger partial charge in [0.25, 0.3) is 15.9 Å². The van der Waals surface area contributed by atoms with E-state index in [9.17, 15) is 13.2 Å². The topological polar surface area (TPSA) is 96.5 Å². The zero-order chi connectivity index (χ0) is 27.5. The van der Waals surface area contributed by atoms with Gasteiger partial charge < -0.3 is 10.1 Å². The SMILES string of the molecule is CCCCCCCOc1ccc(C(=O)NC(=S)Nc2ccc(S(=O)(=O)Nc3ccc(C)c(C)c3)cc2)cc1. The van der Waals surface area contributed by atoms with Crippen LogP contribution in [0.5, 0.6) is 5.75 Å². The predicted molar refractivity (Wildman–Crippen MR) is 158 cm³/mol. The molecule has 0 spiro atoms. The van der Waals surface area contributed by atoms with Crippen molar-refractivity contribution >= 4 is 44.6 Å². The average molecular weight is 554 g/mol. The number of anilines is 2. The normalized spacial score (nSPS) is 11.0. The van der Waals surface area contributed by atoms with Crippen molar-refractivity contribution in [2.75, 3.05) is 16.6 Å². The van der Waals surface area contributed by atoms with E-state index in [4.69, 9.17) is 17.0 Å². The Hall–Kier alpha value is -3.43. The lowest BCUT2D eigenvalue weighted by molar-refractivity contribution is 0.0977. The lowest BCUT2D eigenvalue weighted by Crippen LogP contribution is -2.34. The number of rotatable bonds is 12. The van der Waals surface area contributed by atoms with Crippen LogP contribution >= 0.6 is 12.2 Å². The van der Waals surface area contributed by atoms with Gasteiger partial charge in [-0.3, -0.25) is 14.8 Å². The summed E-state index contributed by atoms with van der Waals surface area (Å²) in [6.45, 7) is 6.74. The third kappa shape index (κ3) is 8.85. The minimum absolute atomic E-state index is 0.103. The molecule has 202 valence electrons. The maximum atomic E-state index is 12.7. The van der Waals surface area contributed by atoms with Gasteiger partial charge in [-0.15, -0.1) is 0 Å². The van der Waals surface area contributed by atoms with E-state index in [2.05, 4.69) is 22.3 Å². The first-order valence-corrected chi connectivity index (χ1v) is 14.6. The molecule has 0 radical (unpaired) electrons. The molecule has 3 aromatic carbocycles. The number of nitrogens with one attached hydrogen (secondary N) is 3. The third-order valence-electron chi connectivity index (χ3n) is 6.04. The molecular formula is C29H35N3O4S2. The van der Waals surface area contributed by atoms with Crippen molar-refractivity contribution in [1.82, 2.24) is 5.32 Å².